The molecule has 1 aromatic carbocycles. The van der Waals surface area contributed by atoms with Crippen LogP contribution in [0.2, 0.25) is 0 Å². The average molecular weight is 258 g/mol. The van der Waals surface area contributed by atoms with E-state index in [0.29, 0.717) is 6.61 Å². The maximum absolute atomic E-state index is 5.40. The van der Waals surface area contributed by atoms with Crippen LogP contribution in [0.1, 0.15) is 18.1 Å². The first-order valence-electron chi connectivity index (χ1n) is 4.77. The van der Waals surface area contributed by atoms with Gasteiger partial charge < -0.3 is 10.1 Å². The summed E-state index contributed by atoms with van der Waals surface area (Å²) in [7, 11) is 1.95. The lowest BCUT2D eigenvalue weighted by Gasteiger charge is -2.09. The van der Waals surface area contributed by atoms with Crippen molar-refractivity contribution in [3.63, 3.8) is 0 Å². The second kappa shape index (κ2) is 6.17. The van der Waals surface area contributed by atoms with Crippen molar-refractivity contribution in [3.05, 3.63) is 33.8 Å². The molecule has 0 bridgehead atoms. The van der Waals surface area contributed by atoms with Crippen molar-refractivity contribution in [1.29, 1.82) is 0 Å². The van der Waals surface area contributed by atoms with Crippen LogP contribution in [0, 0.1) is 0 Å². The molecule has 0 heterocycles. The van der Waals surface area contributed by atoms with Crippen molar-refractivity contribution in [2.24, 2.45) is 0 Å². The Morgan fingerprint density at radius 2 is 2.14 bits per heavy atom. The number of hydrogen-bond donors (Lipinski definition) is 1. The Labute approximate surface area is 93.8 Å². The fraction of sp³-hybridized carbons (Fsp3) is 0.455. The van der Waals surface area contributed by atoms with E-state index in [4.69, 9.17) is 4.74 Å². The summed E-state index contributed by atoms with van der Waals surface area (Å²) in [4.78, 5) is 0. The monoisotopic (exact) mass is 257 g/mol. The van der Waals surface area contributed by atoms with Crippen LogP contribution in [0.4, 0.5) is 0 Å². The number of benzene rings is 1. The Balaban J connectivity index is 2.78. The van der Waals surface area contributed by atoms with Gasteiger partial charge in [0.05, 0.1) is 6.61 Å². The summed E-state index contributed by atoms with van der Waals surface area (Å²) in [6.45, 7) is 4.34. The van der Waals surface area contributed by atoms with Gasteiger partial charge >= 0.3 is 0 Å². The molecule has 1 N–H and O–H groups in total. The van der Waals surface area contributed by atoms with Gasteiger partial charge in [0.15, 0.2) is 0 Å². The van der Waals surface area contributed by atoms with Gasteiger partial charge in [-0.2, -0.15) is 0 Å². The molecule has 0 unspecified atom stereocenters. The van der Waals surface area contributed by atoms with Gasteiger partial charge in [0, 0.05) is 17.6 Å². The molecule has 0 saturated heterocycles. The maximum atomic E-state index is 5.40. The Kier molecular flexibility index (Phi) is 5.15. The normalized spacial score (nSPS) is 10.5. The third kappa shape index (κ3) is 3.40. The summed E-state index contributed by atoms with van der Waals surface area (Å²) < 4.78 is 6.52. The van der Waals surface area contributed by atoms with Crippen LogP contribution in [0.5, 0.6) is 0 Å². The standard InChI is InChI=1S/C11H16BrNO/c1-3-14-8-9-4-5-11(12)6-10(9)7-13-2/h4-6,13H,3,7-8H2,1-2H3. The van der Waals surface area contributed by atoms with Gasteiger partial charge in [0.2, 0.25) is 0 Å². The van der Waals surface area contributed by atoms with Gasteiger partial charge in [-0.05, 0) is 37.2 Å². The largest absolute Gasteiger partial charge is 0.377 e. The molecule has 0 amide bonds. The van der Waals surface area contributed by atoms with E-state index in [0.717, 1.165) is 17.6 Å². The third-order valence-electron chi connectivity index (χ3n) is 2.00. The zero-order chi connectivity index (χ0) is 10.4. The zero-order valence-electron chi connectivity index (χ0n) is 8.64. The van der Waals surface area contributed by atoms with E-state index in [1.165, 1.54) is 11.1 Å². The van der Waals surface area contributed by atoms with Crippen molar-refractivity contribution < 1.29 is 4.74 Å². The fourth-order valence-corrected chi connectivity index (χ4v) is 1.71. The third-order valence-corrected chi connectivity index (χ3v) is 2.49. The van der Waals surface area contributed by atoms with Crippen LogP contribution in [-0.4, -0.2) is 13.7 Å². The molecule has 2 nitrogen and oxygen atoms in total. The van der Waals surface area contributed by atoms with E-state index in [2.05, 4.69) is 33.4 Å². The van der Waals surface area contributed by atoms with Gasteiger partial charge in [-0.25, -0.2) is 0 Å². The van der Waals surface area contributed by atoms with Crippen molar-refractivity contribution in [1.82, 2.24) is 5.32 Å². The summed E-state index contributed by atoms with van der Waals surface area (Å²) in [5, 5.41) is 3.15. The summed E-state index contributed by atoms with van der Waals surface area (Å²) in [5.74, 6) is 0. The number of ether oxygens (including phenoxy) is 1. The van der Waals surface area contributed by atoms with Gasteiger partial charge in [-0.3, -0.25) is 0 Å². The Bertz CT molecular complexity index is 289. The molecule has 0 radical (unpaired) electrons. The highest BCUT2D eigenvalue weighted by molar-refractivity contribution is 9.10. The molecule has 0 fully saturated rings. The van der Waals surface area contributed by atoms with Crippen molar-refractivity contribution in [3.8, 4) is 0 Å². The summed E-state index contributed by atoms with van der Waals surface area (Å²) in [6, 6.07) is 6.28. The smallest absolute Gasteiger partial charge is 0.0719 e. The molecule has 0 atom stereocenters. The SMILES string of the molecule is CCOCc1ccc(Br)cc1CNC. The molecule has 0 saturated carbocycles. The molecular formula is C11H16BrNO. The second-order valence-corrected chi connectivity index (χ2v) is 4.00. The highest BCUT2D eigenvalue weighted by Crippen LogP contribution is 2.17. The maximum Gasteiger partial charge on any atom is 0.0719 e. The Hall–Kier alpha value is -0.380. The van der Waals surface area contributed by atoms with Gasteiger partial charge in [0.25, 0.3) is 0 Å². The van der Waals surface area contributed by atoms with Gasteiger partial charge in [0.1, 0.15) is 0 Å². The molecule has 1 rings (SSSR count). The average Bonchev–Trinajstić information content (AvgIpc) is 2.17. The van der Waals surface area contributed by atoms with E-state index in [1.807, 2.05) is 20.0 Å². The number of rotatable bonds is 5. The van der Waals surface area contributed by atoms with Crippen LogP contribution in [-0.2, 0) is 17.9 Å². The van der Waals surface area contributed by atoms with E-state index in [-0.39, 0.29) is 0 Å². The first-order chi connectivity index (χ1) is 6.77. The van der Waals surface area contributed by atoms with Gasteiger partial charge in [-0.1, -0.05) is 22.0 Å². The lowest BCUT2D eigenvalue weighted by molar-refractivity contribution is 0.133. The topological polar surface area (TPSA) is 21.3 Å². The minimum atomic E-state index is 0.695. The number of nitrogens with one attached hydrogen (secondary N) is 1. The summed E-state index contributed by atoms with van der Waals surface area (Å²) >= 11 is 3.47. The van der Waals surface area contributed by atoms with Crippen LogP contribution in [0.25, 0.3) is 0 Å². The van der Waals surface area contributed by atoms with Crippen molar-refractivity contribution >= 4 is 15.9 Å². The lowest BCUT2D eigenvalue weighted by atomic mass is 10.1. The molecule has 0 spiro atoms. The van der Waals surface area contributed by atoms with Gasteiger partial charge in [-0.15, -0.1) is 0 Å². The molecular weight excluding hydrogens is 242 g/mol. The first kappa shape index (κ1) is 11.7. The van der Waals surface area contributed by atoms with Crippen molar-refractivity contribution in [2.45, 2.75) is 20.1 Å². The predicted octanol–water partition coefficient (Wildman–Crippen LogP) is 2.71. The molecule has 0 aromatic heterocycles. The van der Waals surface area contributed by atoms with E-state index >= 15 is 0 Å². The van der Waals surface area contributed by atoms with E-state index < -0.39 is 0 Å². The van der Waals surface area contributed by atoms with Crippen LogP contribution in [0.3, 0.4) is 0 Å². The molecule has 1 aromatic rings. The van der Waals surface area contributed by atoms with Crippen molar-refractivity contribution in [2.75, 3.05) is 13.7 Å². The summed E-state index contributed by atoms with van der Waals surface area (Å²) in [6.07, 6.45) is 0. The zero-order valence-corrected chi connectivity index (χ0v) is 10.2. The highest BCUT2D eigenvalue weighted by atomic mass is 79.9. The number of halogens is 1. The Morgan fingerprint density at radius 3 is 2.79 bits per heavy atom. The molecule has 0 aliphatic rings. The fourth-order valence-electron chi connectivity index (χ4n) is 1.30. The number of hydrogen-bond acceptors (Lipinski definition) is 2. The lowest BCUT2D eigenvalue weighted by Crippen LogP contribution is -2.08. The first-order valence-corrected chi connectivity index (χ1v) is 5.57. The molecule has 14 heavy (non-hydrogen) atoms. The van der Waals surface area contributed by atoms with Crippen LogP contribution >= 0.6 is 15.9 Å². The highest BCUT2D eigenvalue weighted by Gasteiger charge is 2.02. The minimum Gasteiger partial charge on any atom is -0.377 e. The molecule has 0 aliphatic heterocycles. The van der Waals surface area contributed by atoms with E-state index in [9.17, 15) is 0 Å². The van der Waals surface area contributed by atoms with E-state index in [1.54, 1.807) is 0 Å². The Morgan fingerprint density at radius 1 is 1.36 bits per heavy atom. The molecule has 3 heteroatoms. The van der Waals surface area contributed by atoms with Crippen LogP contribution < -0.4 is 5.32 Å². The predicted molar refractivity (Wildman–Crippen MR) is 62.2 cm³/mol. The summed E-state index contributed by atoms with van der Waals surface area (Å²) in [5.41, 5.74) is 2.54. The molecule has 0 aliphatic carbocycles. The van der Waals surface area contributed by atoms with Crippen LogP contribution in [0.15, 0.2) is 22.7 Å². The second-order valence-electron chi connectivity index (χ2n) is 3.08. The minimum absolute atomic E-state index is 0.695. The quantitative estimate of drug-likeness (QED) is 0.876. The molecule has 78 valence electrons.